The number of aliphatic hydroxyl groups is 4. The number of benzene rings is 3. The zero-order valence-corrected chi connectivity index (χ0v) is 38.7. The Morgan fingerprint density at radius 2 is 1.57 bits per heavy atom. The third-order valence-electron chi connectivity index (χ3n) is 13.5. The van der Waals surface area contributed by atoms with Gasteiger partial charge in [0.15, 0.2) is 22.4 Å². The van der Waals surface area contributed by atoms with Crippen molar-refractivity contribution >= 4 is 56.0 Å². The van der Waals surface area contributed by atoms with Crippen LogP contribution in [0.15, 0.2) is 62.3 Å². The summed E-state index contributed by atoms with van der Waals surface area (Å²) >= 11 is 0. The minimum absolute atomic E-state index is 0.0337. The second-order valence-corrected chi connectivity index (χ2v) is 18.6. The molecule has 0 spiro atoms. The van der Waals surface area contributed by atoms with Gasteiger partial charge in [0.25, 0.3) is 5.91 Å². The molecule has 1 fully saturated rings. The van der Waals surface area contributed by atoms with Gasteiger partial charge in [-0.25, -0.2) is 4.98 Å². The number of phenolic OH excluding ortho intramolecular Hbond substituents is 1. The topological polar surface area (TPSA) is 225 Å². The van der Waals surface area contributed by atoms with Crippen LogP contribution < -0.4 is 31.0 Å². The number of hydrogen-bond acceptors (Lipinski definition) is 15. The zero-order chi connectivity index (χ0) is 47.4. The summed E-state index contributed by atoms with van der Waals surface area (Å²) in [5, 5.41) is 60.2. The molecule has 9 atom stereocenters. The molecule has 3 aromatic carbocycles. The van der Waals surface area contributed by atoms with Crippen molar-refractivity contribution in [3.8, 4) is 11.5 Å². The van der Waals surface area contributed by atoms with E-state index in [1.54, 1.807) is 45.9 Å². The number of rotatable bonds is 4. The van der Waals surface area contributed by atoms with Crippen LogP contribution in [0.2, 0.25) is 0 Å². The number of methoxy groups -OCH3 is 1. The molecule has 0 saturated carbocycles. The highest BCUT2D eigenvalue weighted by atomic mass is 16.7. The van der Waals surface area contributed by atoms with E-state index in [0.717, 1.165) is 19.6 Å². The second kappa shape index (κ2) is 18.4. The molecule has 1 saturated heterocycles. The molecule has 1 amide bonds. The van der Waals surface area contributed by atoms with Crippen LogP contribution in [0.25, 0.3) is 38.7 Å². The lowest BCUT2D eigenvalue weighted by Gasteiger charge is -2.36. The van der Waals surface area contributed by atoms with Crippen LogP contribution >= 0.6 is 0 Å². The minimum atomic E-state index is -1.95. The first-order valence-electron chi connectivity index (χ1n) is 22.3. The maximum absolute atomic E-state index is 14.8. The number of anilines is 2. The van der Waals surface area contributed by atoms with E-state index in [0.29, 0.717) is 24.7 Å². The SMILES string of the molecule is CO[C@H]1/C=C/O[C@@]2(C)Oc3c(C)c(O)c4c(=O)c(c5oc6cc(N7CCN(CC(C)C)CC7)cc(=O)c6nc5c4c3=C2O)NC(=O)/C(C)=C\C=C\[C@H](C)[C@H](O)[C@@H](C)[C@@H](O)[C@H](C)[C@H](O)[C@H]1C. The van der Waals surface area contributed by atoms with Gasteiger partial charge in [0.05, 0.1) is 41.3 Å². The molecule has 0 aliphatic carbocycles. The van der Waals surface area contributed by atoms with E-state index in [4.69, 9.17) is 23.6 Å². The van der Waals surface area contributed by atoms with Crippen molar-refractivity contribution in [3.05, 3.63) is 79.5 Å². The van der Waals surface area contributed by atoms with Crippen molar-refractivity contribution in [2.24, 2.45) is 29.6 Å². The molecule has 16 nitrogen and oxygen atoms in total. The first kappa shape index (κ1) is 47.4. The lowest BCUT2D eigenvalue weighted by atomic mass is 9.78. The smallest absolute Gasteiger partial charge is 0.307 e. The standard InChI is InChI=1S/C49H62N4O12/c1-23(2)22-52-15-17-53(18-16-52)30-20-31(54)37-33(21-30)64-46-38(50-37)34-35-43(58)29(8)45-36(34)47(60)49(9,65-45)63-19-14-32(62-10)26(5)41(56)28(7)42(57)27(6)40(55)24(3)12-11-13-25(4)48(61)51-39(46)44(35)59/h11-14,19-21,23-24,26-28,32,40-42,55-58,60H,15-18,22H2,1-10H3,(H,51,61)/b12-11+,19-14+,25-13-/t24-,26-,27+,28+,32-,40-,41+,42+,49-/m0/s1. The number of phenols is 1. The summed E-state index contributed by atoms with van der Waals surface area (Å²) in [6.07, 6.45) is 3.50. The van der Waals surface area contributed by atoms with Crippen LogP contribution in [0.4, 0.5) is 11.4 Å². The van der Waals surface area contributed by atoms with Gasteiger partial charge < -0.3 is 54.4 Å². The van der Waals surface area contributed by atoms with Gasteiger partial charge in [-0.05, 0) is 25.8 Å². The summed E-state index contributed by atoms with van der Waals surface area (Å²) in [4.78, 5) is 52.1. The van der Waals surface area contributed by atoms with Gasteiger partial charge in [-0.3, -0.25) is 19.3 Å². The summed E-state index contributed by atoms with van der Waals surface area (Å²) < 4.78 is 24.5. The van der Waals surface area contributed by atoms with E-state index in [2.05, 4.69) is 29.0 Å². The van der Waals surface area contributed by atoms with E-state index in [-0.39, 0.29) is 60.8 Å². The molecule has 1 aromatic heterocycles. The van der Waals surface area contributed by atoms with Gasteiger partial charge in [0.1, 0.15) is 22.7 Å². The molecule has 4 bridgehead atoms. The maximum atomic E-state index is 14.8. The molecular weight excluding hydrogens is 837 g/mol. The van der Waals surface area contributed by atoms with Crippen molar-refractivity contribution < 1.29 is 49.0 Å². The fraction of sp³-hybridized carbons (Fsp3) is 0.510. The van der Waals surface area contributed by atoms with E-state index in [1.165, 1.54) is 52.4 Å². The highest BCUT2D eigenvalue weighted by Crippen LogP contribution is 2.42. The van der Waals surface area contributed by atoms with E-state index >= 15 is 0 Å². The molecule has 0 radical (unpaired) electrons. The summed E-state index contributed by atoms with van der Waals surface area (Å²) in [5.74, 6) is -5.68. The minimum Gasteiger partial charge on any atom is -0.507 e. The predicted molar refractivity (Wildman–Crippen MR) is 249 cm³/mol. The number of aliphatic hydroxyl groups excluding tert-OH is 4. The number of hydrogen-bond donors (Lipinski definition) is 6. The van der Waals surface area contributed by atoms with Crippen molar-refractivity contribution in [1.29, 1.82) is 0 Å². The van der Waals surface area contributed by atoms with Gasteiger partial charge in [-0.15, -0.1) is 0 Å². The van der Waals surface area contributed by atoms with Gasteiger partial charge in [0.2, 0.25) is 10.9 Å². The zero-order valence-electron chi connectivity index (χ0n) is 38.7. The Hall–Kier alpha value is -5.52. The number of nitrogens with one attached hydrogen (secondary N) is 1. The normalized spacial score (nSPS) is 30.4. The summed E-state index contributed by atoms with van der Waals surface area (Å²) in [5.41, 5.74) is -1.25. The van der Waals surface area contributed by atoms with Crippen molar-refractivity contribution in [1.82, 2.24) is 9.88 Å². The number of ether oxygens (including phenoxy) is 3. The third-order valence-corrected chi connectivity index (χ3v) is 13.5. The number of amides is 1. The molecular formula is C49H62N4O12. The number of aromatic hydroxyl groups is 1. The molecule has 4 heterocycles. The fourth-order valence-electron chi connectivity index (χ4n) is 9.37. The lowest BCUT2D eigenvalue weighted by molar-refractivity contribution is -0.112. The van der Waals surface area contributed by atoms with Crippen LogP contribution in [-0.4, -0.2) is 111 Å². The maximum Gasteiger partial charge on any atom is 0.307 e. The quantitative estimate of drug-likeness (QED) is 0.120. The highest BCUT2D eigenvalue weighted by Gasteiger charge is 2.44. The van der Waals surface area contributed by atoms with Gasteiger partial charge >= 0.3 is 5.79 Å². The number of fused-ring (bicyclic) bond motifs is 2. The first-order valence-corrected chi connectivity index (χ1v) is 22.3. The van der Waals surface area contributed by atoms with Crippen LogP contribution in [0.3, 0.4) is 0 Å². The number of aromatic nitrogens is 1. The van der Waals surface area contributed by atoms with Crippen LogP contribution in [-0.2, 0) is 14.3 Å². The Balaban J connectivity index is 1.46. The van der Waals surface area contributed by atoms with Crippen LogP contribution in [0.5, 0.6) is 11.5 Å². The van der Waals surface area contributed by atoms with E-state index in [9.17, 15) is 39.9 Å². The van der Waals surface area contributed by atoms with Crippen molar-refractivity contribution in [2.75, 3.05) is 50.1 Å². The Morgan fingerprint density at radius 1 is 0.908 bits per heavy atom. The van der Waals surface area contributed by atoms with Gasteiger partial charge in [-0.1, -0.05) is 59.8 Å². The molecule has 6 N–H and O–H groups in total. The number of allylic oxidation sites excluding steroid dienone is 2. The number of carbonyl (C=O) groups excluding carboxylic acids is 1. The highest BCUT2D eigenvalue weighted by molar-refractivity contribution is 6.16. The van der Waals surface area contributed by atoms with Gasteiger partial charge in [0, 0.05) is 105 Å². The largest absolute Gasteiger partial charge is 0.507 e. The molecule has 65 heavy (non-hydrogen) atoms. The first-order chi connectivity index (χ1) is 30.7. The van der Waals surface area contributed by atoms with Crippen LogP contribution in [0.1, 0.15) is 61.0 Å². The molecule has 16 heteroatoms. The molecule has 3 aliphatic rings. The summed E-state index contributed by atoms with van der Waals surface area (Å²) in [6, 6.07) is 3.17. The summed E-state index contributed by atoms with van der Waals surface area (Å²) in [7, 11) is 1.45. The van der Waals surface area contributed by atoms with E-state index < -0.39 is 82.1 Å². The van der Waals surface area contributed by atoms with Gasteiger partial charge in [-0.2, -0.15) is 0 Å². The number of carbonyl (C=O) groups is 1. The Kier molecular flexibility index (Phi) is 13.4. The summed E-state index contributed by atoms with van der Waals surface area (Å²) in [6.45, 7) is 19.5. The Morgan fingerprint density at radius 3 is 2.23 bits per heavy atom. The second-order valence-electron chi connectivity index (χ2n) is 18.6. The van der Waals surface area contributed by atoms with E-state index in [1.807, 2.05) is 0 Å². The van der Waals surface area contributed by atoms with Crippen molar-refractivity contribution in [3.63, 3.8) is 0 Å². The average Bonchev–Trinajstić information content (AvgIpc) is 3.54. The lowest BCUT2D eigenvalue weighted by Crippen LogP contribution is -2.47. The van der Waals surface area contributed by atoms with Crippen LogP contribution in [0, 0.1) is 36.5 Å². The Labute approximate surface area is 377 Å². The fourth-order valence-corrected chi connectivity index (χ4v) is 9.37. The number of piperazine rings is 1. The predicted octanol–water partition coefficient (Wildman–Crippen LogP) is 4.77. The third kappa shape index (κ3) is 8.69. The monoisotopic (exact) mass is 898 g/mol. The molecule has 4 aromatic rings. The Bertz CT molecular complexity index is 2780. The molecule has 7 rings (SSSR count). The van der Waals surface area contributed by atoms with Crippen molar-refractivity contribution in [2.45, 2.75) is 92.5 Å². The average molecular weight is 899 g/mol. The number of nitrogens with zero attached hydrogens (tertiary/aromatic N) is 3. The molecule has 350 valence electrons. The molecule has 0 unspecified atom stereocenters. The molecule has 3 aliphatic heterocycles.